The molecule has 0 radical (unpaired) electrons. The summed E-state index contributed by atoms with van der Waals surface area (Å²) in [6.07, 6.45) is 2.83. The Morgan fingerprint density at radius 3 is 3.00 bits per heavy atom. The van der Waals surface area contributed by atoms with Gasteiger partial charge in [0.25, 0.3) is 0 Å². The van der Waals surface area contributed by atoms with E-state index < -0.39 is 0 Å². The summed E-state index contributed by atoms with van der Waals surface area (Å²) in [5.41, 5.74) is 0. The fourth-order valence-corrected chi connectivity index (χ4v) is 2.51. The van der Waals surface area contributed by atoms with Gasteiger partial charge >= 0.3 is 0 Å². The van der Waals surface area contributed by atoms with Crippen molar-refractivity contribution in [3.8, 4) is 0 Å². The topological polar surface area (TPSA) is 15.3 Å². The molecule has 2 fully saturated rings. The van der Waals surface area contributed by atoms with Gasteiger partial charge in [-0.25, -0.2) is 0 Å². The third kappa shape index (κ3) is 1.57. The second-order valence-electron chi connectivity index (χ2n) is 4.09. The summed E-state index contributed by atoms with van der Waals surface area (Å²) in [7, 11) is 2.24. The van der Waals surface area contributed by atoms with Gasteiger partial charge in [-0.1, -0.05) is 0 Å². The van der Waals surface area contributed by atoms with E-state index >= 15 is 0 Å². The van der Waals surface area contributed by atoms with Gasteiger partial charge in [-0.15, -0.1) is 0 Å². The lowest BCUT2D eigenvalue weighted by Gasteiger charge is -2.12. The molecular weight excluding hydrogens is 136 g/mol. The molecule has 2 heteroatoms. The second kappa shape index (κ2) is 3.11. The van der Waals surface area contributed by atoms with Gasteiger partial charge in [0.05, 0.1) is 0 Å². The van der Waals surface area contributed by atoms with E-state index in [4.69, 9.17) is 0 Å². The van der Waals surface area contributed by atoms with E-state index in [1.807, 2.05) is 0 Å². The Morgan fingerprint density at radius 2 is 2.09 bits per heavy atom. The summed E-state index contributed by atoms with van der Waals surface area (Å²) in [5.74, 6) is 1.94. The summed E-state index contributed by atoms with van der Waals surface area (Å²) in [4.78, 5) is 2.47. The lowest BCUT2D eigenvalue weighted by atomic mass is 9.93. The molecule has 11 heavy (non-hydrogen) atoms. The molecule has 2 rings (SSSR count). The molecule has 0 aromatic carbocycles. The highest BCUT2D eigenvalue weighted by atomic mass is 15.1. The van der Waals surface area contributed by atoms with Crippen molar-refractivity contribution in [3.05, 3.63) is 0 Å². The molecule has 1 N–H and O–H groups in total. The molecule has 2 saturated heterocycles. The molecule has 2 aliphatic heterocycles. The van der Waals surface area contributed by atoms with Gasteiger partial charge in [0.1, 0.15) is 0 Å². The summed E-state index contributed by atoms with van der Waals surface area (Å²) in [5, 5.41) is 3.51. The molecule has 0 bridgehead atoms. The van der Waals surface area contributed by atoms with Gasteiger partial charge in [-0.2, -0.15) is 0 Å². The van der Waals surface area contributed by atoms with Gasteiger partial charge in [-0.05, 0) is 44.8 Å². The highest BCUT2D eigenvalue weighted by Gasteiger charge is 2.30. The van der Waals surface area contributed by atoms with Crippen molar-refractivity contribution in [1.29, 1.82) is 0 Å². The van der Waals surface area contributed by atoms with Crippen LogP contribution in [0, 0.1) is 11.8 Å². The fourth-order valence-electron chi connectivity index (χ4n) is 2.51. The standard InChI is InChI=1S/C9H18N2/c1-11-6-8-3-2-4-10-5-9(8)7-11/h8-10H,2-7H2,1H3. The molecular formula is C9H18N2. The molecule has 64 valence electrons. The number of nitrogens with one attached hydrogen (secondary N) is 1. The van der Waals surface area contributed by atoms with Gasteiger partial charge in [0, 0.05) is 13.1 Å². The lowest BCUT2D eigenvalue weighted by molar-refractivity contribution is 0.384. The number of fused-ring (bicyclic) bond motifs is 1. The van der Waals surface area contributed by atoms with E-state index in [2.05, 4.69) is 17.3 Å². The molecule has 2 atom stereocenters. The summed E-state index contributed by atoms with van der Waals surface area (Å²) in [6.45, 7) is 5.16. The van der Waals surface area contributed by atoms with Crippen LogP contribution in [0.3, 0.4) is 0 Å². The monoisotopic (exact) mass is 154 g/mol. The lowest BCUT2D eigenvalue weighted by Crippen LogP contribution is -2.25. The van der Waals surface area contributed by atoms with E-state index in [0.717, 1.165) is 11.8 Å². The van der Waals surface area contributed by atoms with Crippen LogP contribution in [0.4, 0.5) is 0 Å². The van der Waals surface area contributed by atoms with Crippen molar-refractivity contribution in [2.75, 3.05) is 33.2 Å². The van der Waals surface area contributed by atoms with E-state index in [-0.39, 0.29) is 0 Å². The molecule has 0 saturated carbocycles. The molecule has 0 aliphatic carbocycles. The van der Waals surface area contributed by atoms with Crippen LogP contribution in [0.15, 0.2) is 0 Å². The zero-order valence-electron chi connectivity index (χ0n) is 7.34. The molecule has 2 heterocycles. The quantitative estimate of drug-likeness (QED) is 0.548. The van der Waals surface area contributed by atoms with Gasteiger partial charge in [0.15, 0.2) is 0 Å². The summed E-state index contributed by atoms with van der Waals surface area (Å²) in [6, 6.07) is 0. The number of rotatable bonds is 0. The van der Waals surface area contributed by atoms with Crippen LogP contribution in [0.25, 0.3) is 0 Å². The largest absolute Gasteiger partial charge is 0.316 e. The molecule has 0 aromatic heterocycles. The van der Waals surface area contributed by atoms with Crippen LogP contribution in [0.2, 0.25) is 0 Å². The second-order valence-corrected chi connectivity index (χ2v) is 4.09. The van der Waals surface area contributed by atoms with E-state index in [1.54, 1.807) is 0 Å². The predicted octanol–water partition coefficient (Wildman–Crippen LogP) is 0.548. The Kier molecular flexibility index (Phi) is 2.14. The number of likely N-dealkylation sites (tertiary alicyclic amines) is 1. The van der Waals surface area contributed by atoms with Crippen molar-refractivity contribution < 1.29 is 0 Å². The summed E-state index contributed by atoms with van der Waals surface area (Å²) >= 11 is 0. The first-order valence-corrected chi connectivity index (χ1v) is 4.75. The van der Waals surface area contributed by atoms with Gasteiger partial charge < -0.3 is 10.2 Å². The maximum absolute atomic E-state index is 3.51. The molecule has 2 aliphatic rings. The van der Waals surface area contributed by atoms with Crippen molar-refractivity contribution in [2.24, 2.45) is 11.8 Å². The minimum Gasteiger partial charge on any atom is -0.316 e. The highest BCUT2D eigenvalue weighted by Crippen LogP contribution is 2.27. The normalized spacial score (nSPS) is 40.1. The zero-order chi connectivity index (χ0) is 7.68. The number of hydrogen-bond acceptors (Lipinski definition) is 2. The minimum atomic E-state index is 0.947. The average molecular weight is 154 g/mol. The third-order valence-electron chi connectivity index (χ3n) is 3.09. The zero-order valence-corrected chi connectivity index (χ0v) is 7.34. The fraction of sp³-hybridized carbons (Fsp3) is 1.00. The highest BCUT2D eigenvalue weighted by molar-refractivity contribution is 4.85. The van der Waals surface area contributed by atoms with Crippen molar-refractivity contribution >= 4 is 0 Å². The Hall–Kier alpha value is -0.0800. The number of nitrogens with zero attached hydrogens (tertiary/aromatic N) is 1. The molecule has 0 amide bonds. The van der Waals surface area contributed by atoms with Crippen LogP contribution in [-0.2, 0) is 0 Å². The summed E-state index contributed by atoms with van der Waals surface area (Å²) < 4.78 is 0. The Labute approximate surface area is 69.0 Å². The van der Waals surface area contributed by atoms with Crippen LogP contribution in [0.5, 0.6) is 0 Å². The first-order valence-electron chi connectivity index (χ1n) is 4.75. The molecule has 0 aromatic rings. The Balaban J connectivity index is 1.96. The smallest absolute Gasteiger partial charge is 0.00220 e. The van der Waals surface area contributed by atoms with Gasteiger partial charge in [-0.3, -0.25) is 0 Å². The van der Waals surface area contributed by atoms with Crippen LogP contribution < -0.4 is 5.32 Å². The van der Waals surface area contributed by atoms with Crippen molar-refractivity contribution in [1.82, 2.24) is 10.2 Å². The average Bonchev–Trinajstić information content (AvgIpc) is 2.17. The molecule has 0 spiro atoms. The van der Waals surface area contributed by atoms with Crippen molar-refractivity contribution in [2.45, 2.75) is 12.8 Å². The van der Waals surface area contributed by atoms with Crippen LogP contribution >= 0.6 is 0 Å². The van der Waals surface area contributed by atoms with E-state index in [0.29, 0.717) is 0 Å². The van der Waals surface area contributed by atoms with Crippen LogP contribution in [0.1, 0.15) is 12.8 Å². The van der Waals surface area contributed by atoms with Crippen LogP contribution in [-0.4, -0.2) is 38.1 Å². The van der Waals surface area contributed by atoms with Gasteiger partial charge in [0.2, 0.25) is 0 Å². The first kappa shape index (κ1) is 7.56. The number of hydrogen-bond donors (Lipinski definition) is 1. The predicted molar refractivity (Wildman–Crippen MR) is 46.6 cm³/mol. The SMILES string of the molecule is CN1CC2CCCNCC2C1. The van der Waals surface area contributed by atoms with E-state index in [9.17, 15) is 0 Å². The van der Waals surface area contributed by atoms with Crippen molar-refractivity contribution in [3.63, 3.8) is 0 Å². The first-order chi connectivity index (χ1) is 5.36. The Bertz CT molecular complexity index is 122. The molecule has 2 unspecified atom stereocenters. The third-order valence-corrected chi connectivity index (χ3v) is 3.09. The molecule has 2 nitrogen and oxygen atoms in total. The minimum absolute atomic E-state index is 0.947. The maximum atomic E-state index is 3.51. The van der Waals surface area contributed by atoms with E-state index in [1.165, 1.54) is 39.0 Å². The Morgan fingerprint density at radius 1 is 1.27 bits per heavy atom. The maximum Gasteiger partial charge on any atom is 0.00220 e.